The zero-order valence-corrected chi connectivity index (χ0v) is 15.9. The first-order valence-electron chi connectivity index (χ1n) is 9.09. The average Bonchev–Trinajstić information content (AvgIpc) is 2.88. The van der Waals surface area contributed by atoms with Crippen molar-refractivity contribution in [1.82, 2.24) is 4.98 Å². The van der Waals surface area contributed by atoms with Crippen LogP contribution < -0.4 is 10.1 Å². The Morgan fingerprint density at radius 3 is 2.79 bits per heavy atom. The van der Waals surface area contributed by atoms with E-state index in [-0.39, 0.29) is 5.97 Å². The normalized spacial score (nSPS) is 14.7. The number of para-hydroxylation sites is 1. The van der Waals surface area contributed by atoms with Gasteiger partial charge in [-0.2, -0.15) is 0 Å². The third-order valence-electron chi connectivity index (χ3n) is 4.53. The highest BCUT2D eigenvalue weighted by Crippen LogP contribution is 2.41. The highest BCUT2D eigenvalue weighted by Gasteiger charge is 2.29. The molecule has 0 radical (unpaired) electrons. The minimum absolute atomic E-state index is 0.338. The van der Waals surface area contributed by atoms with Crippen molar-refractivity contribution in [2.75, 3.05) is 11.9 Å². The topological polar surface area (TPSA) is 60.5 Å². The van der Waals surface area contributed by atoms with E-state index in [0.29, 0.717) is 28.8 Å². The number of ether oxygens (including phenoxy) is 2. The molecule has 1 aliphatic rings. The van der Waals surface area contributed by atoms with Crippen LogP contribution in [-0.2, 0) is 16.0 Å². The molecular weight excluding hydrogens is 376 g/mol. The third-order valence-corrected chi connectivity index (χ3v) is 4.77. The predicted molar refractivity (Wildman–Crippen MR) is 108 cm³/mol. The first-order valence-corrected chi connectivity index (χ1v) is 9.47. The first-order chi connectivity index (χ1) is 13.7. The minimum atomic E-state index is -0.670. The highest BCUT2D eigenvalue weighted by molar-refractivity contribution is 6.31. The zero-order chi connectivity index (χ0) is 19.3. The molecule has 1 unspecified atom stereocenters. The maximum Gasteiger partial charge on any atom is 0.333 e. The van der Waals surface area contributed by atoms with Crippen molar-refractivity contribution >= 4 is 23.3 Å². The fourth-order valence-corrected chi connectivity index (χ4v) is 3.31. The fraction of sp³-hybridized carbons (Fsp3) is 0.182. The molecule has 1 aliphatic heterocycles. The molecule has 2 aromatic carbocycles. The van der Waals surface area contributed by atoms with Crippen LogP contribution in [0.15, 0.2) is 67.0 Å². The molecule has 1 atom stereocenters. The second-order valence-corrected chi connectivity index (χ2v) is 6.92. The van der Waals surface area contributed by atoms with Crippen LogP contribution >= 0.6 is 11.6 Å². The molecule has 1 aromatic heterocycles. The first kappa shape index (κ1) is 18.3. The molecule has 0 spiro atoms. The largest absolute Gasteiger partial charge is 0.464 e. The van der Waals surface area contributed by atoms with Crippen LogP contribution in [0.1, 0.15) is 23.6 Å². The van der Waals surface area contributed by atoms with Gasteiger partial charge in [0.1, 0.15) is 5.75 Å². The Morgan fingerprint density at radius 2 is 1.93 bits per heavy atom. The van der Waals surface area contributed by atoms with E-state index >= 15 is 0 Å². The molecule has 3 aromatic rings. The smallest absolute Gasteiger partial charge is 0.333 e. The fourth-order valence-electron chi connectivity index (χ4n) is 3.14. The van der Waals surface area contributed by atoms with Gasteiger partial charge >= 0.3 is 5.97 Å². The van der Waals surface area contributed by atoms with Gasteiger partial charge in [-0.3, -0.25) is 4.98 Å². The summed E-state index contributed by atoms with van der Waals surface area (Å²) in [5, 5.41) is 3.78. The number of halogens is 1. The lowest BCUT2D eigenvalue weighted by Gasteiger charge is -2.17. The second-order valence-electron chi connectivity index (χ2n) is 6.48. The van der Waals surface area contributed by atoms with Crippen LogP contribution in [0.25, 0.3) is 0 Å². The van der Waals surface area contributed by atoms with Crippen molar-refractivity contribution in [1.29, 1.82) is 0 Å². The van der Waals surface area contributed by atoms with Crippen molar-refractivity contribution < 1.29 is 14.3 Å². The van der Waals surface area contributed by atoms with E-state index in [1.807, 2.05) is 36.4 Å². The summed E-state index contributed by atoms with van der Waals surface area (Å²) in [5.74, 6) is 0.887. The van der Waals surface area contributed by atoms with E-state index in [0.717, 1.165) is 18.4 Å². The van der Waals surface area contributed by atoms with E-state index in [2.05, 4.69) is 10.3 Å². The Balaban J connectivity index is 1.48. The molecule has 1 N–H and O–H groups in total. The number of hydrogen-bond donors (Lipinski definition) is 1. The lowest BCUT2D eigenvalue weighted by atomic mass is 10.1. The molecule has 0 amide bonds. The van der Waals surface area contributed by atoms with Gasteiger partial charge in [0, 0.05) is 23.0 Å². The number of benzene rings is 2. The minimum Gasteiger partial charge on any atom is -0.464 e. The number of carbonyl (C=O) groups is 1. The number of esters is 1. The van der Waals surface area contributed by atoms with Gasteiger partial charge in [-0.25, -0.2) is 4.79 Å². The molecule has 28 heavy (non-hydrogen) atoms. The van der Waals surface area contributed by atoms with E-state index in [1.54, 1.807) is 30.6 Å². The highest BCUT2D eigenvalue weighted by atomic mass is 35.5. The van der Waals surface area contributed by atoms with Crippen LogP contribution in [-0.4, -0.2) is 17.6 Å². The van der Waals surface area contributed by atoms with E-state index < -0.39 is 6.04 Å². The maximum atomic E-state index is 12.8. The van der Waals surface area contributed by atoms with Gasteiger partial charge in [0.25, 0.3) is 0 Å². The number of hydrogen-bond acceptors (Lipinski definition) is 5. The number of pyridine rings is 1. The molecule has 0 fully saturated rings. The Kier molecular flexibility index (Phi) is 5.44. The molecule has 0 aliphatic carbocycles. The number of rotatable bonds is 5. The molecule has 6 heteroatoms. The maximum absolute atomic E-state index is 12.8. The number of fused-ring (bicyclic) bond motifs is 2. The van der Waals surface area contributed by atoms with E-state index in [9.17, 15) is 4.79 Å². The lowest BCUT2D eigenvalue weighted by molar-refractivity contribution is -0.144. The van der Waals surface area contributed by atoms with Crippen molar-refractivity contribution in [2.24, 2.45) is 0 Å². The van der Waals surface area contributed by atoms with Crippen LogP contribution in [0, 0.1) is 0 Å². The Morgan fingerprint density at radius 1 is 1.11 bits per heavy atom. The predicted octanol–water partition coefficient (Wildman–Crippen LogP) is 5.17. The van der Waals surface area contributed by atoms with Crippen molar-refractivity contribution in [3.05, 3.63) is 83.1 Å². The van der Waals surface area contributed by atoms with Crippen LogP contribution in [0.5, 0.6) is 11.5 Å². The molecule has 0 saturated heterocycles. The molecule has 5 nitrogen and oxygen atoms in total. The van der Waals surface area contributed by atoms with E-state index in [1.165, 1.54) is 5.56 Å². The number of nitrogens with zero attached hydrogens (tertiary/aromatic N) is 1. The SMILES string of the molecule is O=C(OCCCc1ccncc1)C1Nc2cc(Cl)ccc2Oc2ccccc21. The summed E-state index contributed by atoms with van der Waals surface area (Å²) in [6.45, 7) is 0.338. The summed E-state index contributed by atoms with van der Waals surface area (Å²) < 4.78 is 11.5. The number of anilines is 1. The quantitative estimate of drug-likeness (QED) is 0.478. The molecule has 0 saturated carbocycles. The third kappa shape index (κ3) is 4.10. The summed E-state index contributed by atoms with van der Waals surface area (Å²) in [6.07, 6.45) is 5.08. The average molecular weight is 395 g/mol. The van der Waals surface area contributed by atoms with Gasteiger partial charge in [-0.15, -0.1) is 0 Å². The number of aryl methyl sites for hydroxylation is 1. The molecule has 142 valence electrons. The molecule has 0 bridgehead atoms. The summed E-state index contributed by atoms with van der Waals surface area (Å²) in [6, 6.07) is 16.0. The van der Waals surface area contributed by atoms with Crippen molar-refractivity contribution in [3.8, 4) is 11.5 Å². The summed E-state index contributed by atoms with van der Waals surface area (Å²) >= 11 is 6.11. The van der Waals surface area contributed by atoms with Gasteiger partial charge in [0.2, 0.25) is 0 Å². The summed E-state index contributed by atoms with van der Waals surface area (Å²) in [5.41, 5.74) is 2.55. The van der Waals surface area contributed by atoms with Gasteiger partial charge in [0.05, 0.1) is 12.3 Å². The Labute approximate surface area is 168 Å². The van der Waals surface area contributed by atoms with E-state index in [4.69, 9.17) is 21.1 Å². The number of aromatic nitrogens is 1. The standard InChI is InChI=1S/C22H19ClN2O3/c23-16-7-8-20-18(14-16)25-21(17-5-1-2-6-19(17)28-20)22(26)27-13-3-4-15-9-11-24-12-10-15/h1-2,5-12,14,21,25H,3-4,13H2. The van der Waals surface area contributed by atoms with Crippen LogP contribution in [0.2, 0.25) is 5.02 Å². The Hall–Kier alpha value is -3.05. The second kappa shape index (κ2) is 8.31. The van der Waals surface area contributed by atoms with Crippen molar-refractivity contribution in [3.63, 3.8) is 0 Å². The van der Waals surface area contributed by atoms with Crippen LogP contribution in [0.4, 0.5) is 5.69 Å². The lowest BCUT2D eigenvalue weighted by Crippen LogP contribution is -2.23. The Bertz CT molecular complexity index is 979. The summed E-state index contributed by atoms with van der Waals surface area (Å²) in [4.78, 5) is 16.8. The van der Waals surface area contributed by atoms with Gasteiger partial charge in [-0.1, -0.05) is 29.8 Å². The van der Waals surface area contributed by atoms with Gasteiger partial charge in [0.15, 0.2) is 11.8 Å². The van der Waals surface area contributed by atoms with Gasteiger partial charge < -0.3 is 14.8 Å². The zero-order valence-electron chi connectivity index (χ0n) is 15.1. The van der Waals surface area contributed by atoms with Crippen LogP contribution in [0.3, 0.4) is 0 Å². The number of carbonyl (C=O) groups excluding carboxylic acids is 1. The monoisotopic (exact) mass is 394 g/mol. The molecular formula is C22H19ClN2O3. The van der Waals surface area contributed by atoms with Crippen molar-refractivity contribution in [2.45, 2.75) is 18.9 Å². The molecule has 4 rings (SSSR count). The number of nitrogens with one attached hydrogen (secondary N) is 1. The summed E-state index contributed by atoms with van der Waals surface area (Å²) in [7, 11) is 0. The molecule has 2 heterocycles. The van der Waals surface area contributed by atoms with Gasteiger partial charge in [-0.05, 0) is 54.8 Å².